The smallest absolute Gasteiger partial charge is 0.199 e. The summed E-state index contributed by atoms with van der Waals surface area (Å²) in [7, 11) is 0. The van der Waals surface area contributed by atoms with Gasteiger partial charge in [-0.2, -0.15) is 0 Å². The highest BCUT2D eigenvalue weighted by molar-refractivity contribution is 5.75. The Balaban J connectivity index is 1.99. The number of rotatable bonds is 3. The molecule has 0 unspecified atom stereocenters. The third kappa shape index (κ3) is 2.80. The van der Waals surface area contributed by atoms with Crippen LogP contribution in [0.15, 0.2) is 24.3 Å². The van der Waals surface area contributed by atoms with E-state index in [-0.39, 0.29) is 6.29 Å². The van der Waals surface area contributed by atoms with Gasteiger partial charge in [0.2, 0.25) is 0 Å². The summed E-state index contributed by atoms with van der Waals surface area (Å²) in [6, 6.07) is 7.12. The molecule has 1 aromatic carbocycles. The lowest BCUT2D eigenvalue weighted by atomic mass is 10.2. The number of carbonyl (C=O) groups is 1. The van der Waals surface area contributed by atoms with E-state index in [2.05, 4.69) is 0 Å². The van der Waals surface area contributed by atoms with Crippen LogP contribution in [-0.2, 0) is 4.74 Å². The van der Waals surface area contributed by atoms with Crippen LogP contribution in [0.5, 0.6) is 5.75 Å². The van der Waals surface area contributed by atoms with Gasteiger partial charge in [-0.3, -0.25) is 4.79 Å². The molecule has 1 heterocycles. The van der Waals surface area contributed by atoms with Gasteiger partial charge in [0.1, 0.15) is 12.0 Å². The van der Waals surface area contributed by atoms with E-state index in [1.54, 1.807) is 12.1 Å². The minimum atomic E-state index is -0.152. The van der Waals surface area contributed by atoms with Crippen LogP contribution in [-0.4, -0.2) is 19.2 Å². The van der Waals surface area contributed by atoms with Crippen LogP contribution < -0.4 is 4.74 Å². The zero-order chi connectivity index (χ0) is 10.5. The highest BCUT2D eigenvalue weighted by Gasteiger charge is 2.14. The highest BCUT2D eigenvalue weighted by Crippen LogP contribution is 2.19. The Morgan fingerprint density at radius 1 is 1.40 bits per heavy atom. The molecule has 80 valence electrons. The summed E-state index contributed by atoms with van der Waals surface area (Å²) in [5.41, 5.74) is 0.628. The zero-order valence-corrected chi connectivity index (χ0v) is 8.52. The van der Waals surface area contributed by atoms with Gasteiger partial charge in [0, 0.05) is 12.0 Å². The standard InChI is InChI=1S/C12H14O3/c13-9-10-4-3-5-11(8-10)15-12-6-1-2-7-14-12/h3-5,8-9,12H,1-2,6-7H2/t12-/m0/s1. The van der Waals surface area contributed by atoms with Crippen molar-refractivity contribution >= 4 is 6.29 Å². The molecule has 0 amide bonds. The molecular formula is C12H14O3. The minimum absolute atomic E-state index is 0.152. The van der Waals surface area contributed by atoms with Crippen molar-refractivity contribution in [1.82, 2.24) is 0 Å². The zero-order valence-electron chi connectivity index (χ0n) is 8.52. The molecule has 0 aliphatic carbocycles. The average Bonchev–Trinajstić information content (AvgIpc) is 2.31. The van der Waals surface area contributed by atoms with Crippen LogP contribution >= 0.6 is 0 Å². The van der Waals surface area contributed by atoms with Gasteiger partial charge in [0.25, 0.3) is 0 Å². The van der Waals surface area contributed by atoms with Crippen molar-refractivity contribution in [2.24, 2.45) is 0 Å². The fourth-order valence-electron chi connectivity index (χ4n) is 1.62. The van der Waals surface area contributed by atoms with E-state index in [0.29, 0.717) is 11.3 Å². The summed E-state index contributed by atoms with van der Waals surface area (Å²) in [5, 5.41) is 0. The third-order valence-corrected chi connectivity index (χ3v) is 2.40. The summed E-state index contributed by atoms with van der Waals surface area (Å²) in [6.45, 7) is 0.762. The molecule has 0 N–H and O–H groups in total. The Morgan fingerprint density at radius 3 is 3.07 bits per heavy atom. The molecule has 1 atom stereocenters. The second kappa shape index (κ2) is 4.94. The van der Waals surface area contributed by atoms with E-state index in [0.717, 1.165) is 32.2 Å². The fraction of sp³-hybridized carbons (Fsp3) is 0.417. The molecule has 15 heavy (non-hydrogen) atoms. The third-order valence-electron chi connectivity index (χ3n) is 2.40. The SMILES string of the molecule is O=Cc1cccc(O[C@H]2CCCCO2)c1. The molecule has 1 fully saturated rings. The lowest BCUT2D eigenvalue weighted by Gasteiger charge is -2.23. The van der Waals surface area contributed by atoms with Crippen LogP contribution in [0.2, 0.25) is 0 Å². The second-order valence-electron chi connectivity index (χ2n) is 3.60. The van der Waals surface area contributed by atoms with E-state index >= 15 is 0 Å². The fourth-order valence-corrected chi connectivity index (χ4v) is 1.62. The van der Waals surface area contributed by atoms with Crippen molar-refractivity contribution in [3.63, 3.8) is 0 Å². The first-order chi connectivity index (χ1) is 7.38. The predicted molar refractivity (Wildman–Crippen MR) is 56.0 cm³/mol. The van der Waals surface area contributed by atoms with Gasteiger partial charge in [0.05, 0.1) is 6.61 Å². The van der Waals surface area contributed by atoms with Gasteiger partial charge in [-0.1, -0.05) is 12.1 Å². The summed E-state index contributed by atoms with van der Waals surface area (Å²) < 4.78 is 11.1. The summed E-state index contributed by atoms with van der Waals surface area (Å²) in [6.07, 6.45) is 3.83. The Morgan fingerprint density at radius 2 is 2.33 bits per heavy atom. The molecule has 1 aromatic rings. The molecule has 1 aliphatic rings. The maximum Gasteiger partial charge on any atom is 0.199 e. The van der Waals surface area contributed by atoms with Gasteiger partial charge in [-0.15, -0.1) is 0 Å². The molecule has 1 aliphatic heterocycles. The quantitative estimate of drug-likeness (QED) is 0.712. The minimum Gasteiger partial charge on any atom is -0.465 e. The van der Waals surface area contributed by atoms with E-state index < -0.39 is 0 Å². The monoisotopic (exact) mass is 206 g/mol. The average molecular weight is 206 g/mol. The predicted octanol–water partition coefficient (Wildman–Crippen LogP) is 2.40. The molecule has 0 bridgehead atoms. The lowest BCUT2D eigenvalue weighted by molar-refractivity contribution is -0.105. The maximum atomic E-state index is 10.6. The van der Waals surface area contributed by atoms with Crippen LogP contribution in [0.25, 0.3) is 0 Å². The van der Waals surface area contributed by atoms with E-state index in [1.165, 1.54) is 0 Å². The first-order valence-electron chi connectivity index (χ1n) is 5.22. The Hall–Kier alpha value is -1.35. The summed E-state index contributed by atoms with van der Waals surface area (Å²) >= 11 is 0. The van der Waals surface area contributed by atoms with Crippen LogP contribution in [0, 0.1) is 0 Å². The van der Waals surface area contributed by atoms with Crippen LogP contribution in [0.3, 0.4) is 0 Å². The second-order valence-corrected chi connectivity index (χ2v) is 3.60. The molecular weight excluding hydrogens is 192 g/mol. The topological polar surface area (TPSA) is 35.5 Å². The largest absolute Gasteiger partial charge is 0.465 e. The number of aldehydes is 1. The van der Waals surface area contributed by atoms with Gasteiger partial charge in [0.15, 0.2) is 6.29 Å². The van der Waals surface area contributed by atoms with E-state index in [1.807, 2.05) is 12.1 Å². The van der Waals surface area contributed by atoms with Crippen molar-refractivity contribution in [2.45, 2.75) is 25.6 Å². The maximum absolute atomic E-state index is 10.6. The van der Waals surface area contributed by atoms with Gasteiger partial charge in [-0.25, -0.2) is 0 Å². The van der Waals surface area contributed by atoms with Gasteiger partial charge >= 0.3 is 0 Å². The van der Waals surface area contributed by atoms with Crippen molar-refractivity contribution < 1.29 is 14.3 Å². The molecule has 0 saturated carbocycles. The summed E-state index contributed by atoms with van der Waals surface area (Å²) in [5.74, 6) is 0.700. The van der Waals surface area contributed by atoms with Gasteiger partial charge in [-0.05, 0) is 25.0 Å². The van der Waals surface area contributed by atoms with E-state index in [4.69, 9.17) is 9.47 Å². The number of hydrogen-bond acceptors (Lipinski definition) is 3. The van der Waals surface area contributed by atoms with Crippen LogP contribution in [0.1, 0.15) is 29.6 Å². The van der Waals surface area contributed by atoms with Crippen molar-refractivity contribution in [3.05, 3.63) is 29.8 Å². The van der Waals surface area contributed by atoms with E-state index in [9.17, 15) is 4.79 Å². The molecule has 1 saturated heterocycles. The first-order valence-corrected chi connectivity index (χ1v) is 5.22. The Labute approximate surface area is 89.0 Å². The number of ether oxygens (including phenoxy) is 2. The number of benzene rings is 1. The first kappa shape index (κ1) is 10.2. The number of carbonyl (C=O) groups excluding carboxylic acids is 1. The molecule has 0 aromatic heterocycles. The molecule has 3 nitrogen and oxygen atoms in total. The molecule has 0 spiro atoms. The molecule has 3 heteroatoms. The normalized spacial score (nSPS) is 20.9. The Bertz CT molecular complexity index is 329. The molecule has 0 radical (unpaired) electrons. The number of hydrogen-bond donors (Lipinski definition) is 0. The Kier molecular flexibility index (Phi) is 3.35. The van der Waals surface area contributed by atoms with Crippen LogP contribution in [0.4, 0.5) is 0 Å². The van der Waals surface area contributed by atoms with Crippen molar-refractivity contribution in [3.8, 4) is 5.75 Å². The van der Waals surface area contributed by atoms with Crippen molar-refractivity contribution in [2.75, 3.05) is 6.61 Å². The highest BCUT2D eigenvalue weighted by atomic mass is 16.7. The van der Waals surface area contributed by atoms with Crippen molar-refractivity contribution in [1.29, 1.82) is 0 Å². The summed E-state index contributed by atoms with van der Waals surface area (Å²) in [4.78, 5) is 10.6. The molecule has 2 rings (SSSR count). The van der Waals surface area contributed by atoms with Gasteiger partial charge < -0.3 is 9.47 Å². The lowest BCUT2D eigenvalue weighted by Crippen LogP contribution is -2.24.